The van der Waals surface area contributed by atoms with Gasteiger partial charge >= 0.3 is 0 Å². The van der Waals surface area contributed by atoms with Crippen molar-refractivity contribution in [3.63, 3.8) is 0 Å². The minimum atomic E-state index is -3.05. The molecule has 0 radical (unpaired) electrons. The molecule has 7 rings (SSSR count). The van der Waals surface area contributed by atoms with Crippen molar-refractivity contribution in [1.82, 2.24) is 35.7 Å². The number of hydrogen-bond acceptors (Lipinski definition) is 16. The number of methoxy groups -OCH3 is 1. The monoisotopic (exact) mass is 1060 g/mol. The fraction of sp³-hybridized carbons (Fsp3) is 0.490. The maximum Gasteiger partial charge on any atom is 0.259 e. The SMILES string of the molecule is COc1cc(-c2cn(C)c(=O)c3cc(C(=N)NC4CCS(=O)(=O)CC4)sc23)ccc1OCC(=O)NCCOCCOCCNC(C(=O)N1C[C@H](O)C[C@H]1C(=O)NCc1ccc(-c2scnc2C)cc1)C(C)(C)C. The number of ether oxygens (including phenoxy) is 4. The van der Waals surface area contributed by atoms with Crippen molar-refractivity contribution in [3.05, 3.63) is 86.7 Å². The van der Waals surface area contributed by atoms with Crippen LogP contribution in [0.1, 0.15) is 56.2 Å². The van der Waals surface area contributed by atoms with E-state index in [1.165, 1.54) is 27.9 Å². The Kier molecular flexibility index (Phi) is 18.5. The summed E-state index contributed by atoms with van der Waals surface area (Å²) in [6.45, 7) is 9.57. The van der Waals surface area contributed by atoms with Crippen molar-refractivity contribution in [2.45, 2.75) is 77.7 Å². The second-order valence-corrected chi connectivity index (χ2v) is 23.5. The normalized spacial score (nSPS) is 17.3. The maximum absolute atomic E-state index is 14.0. The zero-order valence-electron chi connectivity index (χ0n) is 42.1. The number of likely N-dealkylation sites (tertiary alicyclic amines) is 1. The number of sulfone groups is 1. The third kappa shape index (κ3) is 14.3. The number of benzene rings is 2. The van der Waals surface area contributed by atoms with Gasteiger partial charge in [-0.1, -0.05) is 51.1 Å². The molecule has 3 amide bonds. The van der Waals surface area contributed by atoms with Crippen molar-refractivity contribution in [1.29, 1.82) is 5.41 Å². The lowest BCUT2D eigenvalue weighted by atomic mass is 9.85. The Morgan fingerprint density at radius 2 is 1.66 bits per heavy atom. The van der Waals surface area contributed by atoms with E-state index in [1.54, 1.807) is 48.8 Å². The van der Waals surface area contributed by atoms with Crippen molar-refractivity contribution < 1.29 is 46.9 Å². The van der Waals surface area contributed by atoms with Gasteiger partial charge < -0.3 is 54.8 Å². The molecule has 2 fully saturated rings. The number of pyridine rings is 1. The molecule has 22 heteroatoms. The molecule has 3 atom stereocenters. The molecule has 0 aliphatic carbocycles. The van der Waals surface area contributed by atoms with Gasteiger partial charge in [0.25, 0.3) is 11.5 Å². The molecule has 0 saturated carbocycles. The van der Waals surface area contributed by atoms with E-state index in [1.807, 2.05) is 57.5 Å². The van der Waals surface area contributed by atoms with Crippen molar-refractivity contribution >= 4 is 66.2 Å². The van der Waals surface area contributed by atoms with E-state index >= 15 is 0 Å². The highest BCUT2D eigenvalue weighted by atomic mass is 32.2. The second kappa shape index (κ2) is 24.5. The quantitative estimate of drug-likeness (QED) is 0.0326. The van der Waals surface area contributed by atoms with Gasteiger partial charge in [-0.15, -0.1) is 22.7 Å². The Hall–Kier alpha value is -5.75. The van der Waals surface area contributed by atoms with Crippen LogP contribution in [-0.2, 0) is 47.3 Å². The van der Waals surface area contributed by atoms with Crippen molar-refractivity contribution in [2.24, 2.45) is 12.5 Å². The number of thiazole rings is 1. The number of fused-ring (bicyclic) bond motifs is 1. The number of hydrogen-bond donors (Lipinski definition) is 6. The zero-order chi connectivity index (χ0) is 52.5. The molecule has 394 valence electrons. The van der Waals surface area contributed by atoms with Gasteiger partial charge in [0.05, 0.1) is 83.5 Å². The van der Waals surface area contributed by atoms with Gasteiger partial charge in [0.2, 0.25) is 11.8 Å². The number of carbonyl (C=O) groups is 3. The van der Waals surface area contributed by atoms with Crippen LogP contribution in [0, 0.1) is 17.7 Å². The average Bonchev–Trinajstić information content (AvgIpc) is 4.12. The third-order valence-electron chi connectivity index (χ3n) is 12.8. The van der Waals surface area contributed by atoms with Gasteiger partial charge in [-0.2, -0.15) is 0 Å². The lowest BCUT2D eigenvalue weighted by Gasteiger charge is -2.35. The molecule has 73 heavy (non-hydrogen) atoms. The topological polar surface area (TPSA) is 253 Å². The Morgan fingerprint density at radius 1 is 0.959 bits per heavy atom. The molecule has 2 aliphatic rings. The number of aliphatic hydroxyl groups excluding tert-OH is 1. The summed E-state index contributed by atoms with van der Waals surface area (Å²) in [5, 5.41) is 31.9. The van der Waals surface area contributed by atoms with E-state index in [2.05, 4.69) is 26.3 Å². The molecule has 0 spiro atoms. The van der Waals surface area contributed by atoms with Gasteiger partial charge in [-0.3, -0.25) is 24.6 Å². The third-order valence-corrected chi connectivity index (χ3v) is 16.7. The van der Waals surface area contributed by atoms with Gasteiger partial charge in [-0.05, 0) is 60.1 Å². The maximum atomic E-state index is 14.0. The Balaban J connectivity index is 0.800. The molecular formula is C51H66N8O11S3. The van der Waals surface area contributed by atoms with E-state index < -0.39 is 33.4 Å². The lowest BCUT2D eigenvalue weighted by Crippen LogP contribution is -2.57. The summed E-state index contributed by atoms with van der Waals surface area (Å²) in [7, 11) is 0.105. The minimum Gasteiger partial charge on any atom is -0.493 e. The van der Waals surface area contributed by atoms with Gasteiger partial charge in [0.1, 0.15) is 21.7 Å². The summed E-state index contributed by atoms with van der Waals surface area (Å²) in [5.74, 6) is 0.0734. The van der Waals surface area contributed by atoms with Crippen LogP contribution in [0.3, 0.4) is 0 Å². The van der Waals surface area contributed by atoms with E-state index in [-0.39, 0.29) is 99.1 Å². The molecule has 5 aromatic rings. The lowest BCUT2D eigenvalue weighted by molar-refractivity contribution is -0.142. The first-order chi connectivity index (χ1) is 34.8. The molecule has 2 aromatic carbocycles. The standard InChI is InChI=1S/C51H66N8O11S3/c1-31-44(71-30-56-31)33-9-7-32(8-10-33)26-55-48(62)39-24-36(60)27-59(39)50(64)46(51(2,3)4)54-16-18-69-20-19-68-17-15-53-43(61)29-70-40-12-11-34(23-41(40)67-6)38-28-58(5)49(63)37-25-42(72-45(37)38)47(52)57-35-13-21-73(65,66)22-14-35/h7-12,23,25,28,30,35-36,39,46,54,60H,13-22,24,26-27,29H2,1-6H3,(H2,52,57)(H,53,61)(H,55,62)/t36-,39+,46?/m1/s1. The fourth-order valence-electron chi connectivity index (χ4n) is 8.79. The molecule has 0 bridgehead atoms. The summed E-state index contributed by atoms with van der Waals surface area (Å²) in [6.07, 6.45) is 1.91. The van der Waals surface area contributed by atoms with Crippen LogP contribution in [-0.4, -0.2) is 147 Å². The van der Waals surface area contributed by atoms with Crippen LogP contribution >= 0.6 is 22.7 Å². The zero-order valence-corrected chi connectivity index (χ0v) is 44.5. The van der Waals surface area contributed by atoms with E-state index in [0.29, 0.717) is 52.5 Å². The van der Waals surface area contributed by atoms with E-state index in [4.69, 9.17) is 24.4 Å². The predicted octanol–water partition coefficient (Wildman–Crippen LogP) is 4.01. The molecule has 2 saturated heterocycles. The van der Waals surface area contributed by atoms with Gasteiger partial charge in [0.15, 0.2) is 18.1 Å². The van der Waals surface area contributed by atoms with Gasteiger partial charge in [0, 0.05) is 62.1 Å². The number of carbonyl (C=O) groups excluding carboxylic acids is 3. The number of nitrogens with zero attached hydrogens (tertiary/aromatic N) is 3. The largest absolute Gasteiger partial charge is 0.493 e. The smallest absolute Gasteiger partial charge is 0.259 e. The number of aliphatic hydroxyl groups is 1. The van der Waals surface area contributed by atoms with Crippen LogP contribution < -0.4 is 36.3 Å². The molecule has 1 unspecified atom stereocenters. The summed E-state index contributed by atoms with van der Waals surface area (Å²) >= 11 is 2.88. The summed E-state index contributed by atoms with van der Waals surface area (Å²) < 4.78 is 48.8. The van der Waals surface area contributed by atoms with Crippen LogP contribution in [0.25, 0.3) is 31.7 Å². The second-order valence-electron chi connectivity index (χ2n) is 19.3. The molecule has 19 nitrogen and oxygen atoms in total. The first-order valence-corrected chi connectivity index (χ1v) is 27.7. The summed E-state index contributed by atoms with van der Waals surface area (Å²) in [4.78, 5) is 60.8. The number of amidine groups is 1. The van der Waals surface area contributed by atoms with Crippen molar-refractivity contribution in [2.75, 3.05) is 71.3 Å². The molecule has 6 N–H and O–H groups in total. The van der Waals surface area contributed by atoms with Crippen LogP contribution in [0.15, 0.2) is 65.0 Å². The van der Waals surface area contributed by atoms with Crippen LogP contribution in [0.5, 0.6) is 11.5 Å². The van der Waals surface area contributed by atoms with E-state index in [9.17, 15) is 32.7 Å². The number of aryl methyl sites for hydroxylation is 2. The first kappa shape index (κ1) is 55.0. The highest BCUT2D eigenvalue weighted by molar-refractivity contribution is 7.91. The number of amides is 3. The molecule has 5 heterocycles. The summed E-state index contributed by atoms with van der Waals surface area (Å²) in [6, 6.07) is 13.3. The number of rotatable bonds is 22. The Morgan fingerprint density at radius 3 is 2.33 bits per heavy atom. The number of thiophene rings is 1. The number of aromatic nitrogens is 2. The number of β-amino-alcohol motifs (C(OH)–C–C–N with tert-alkyl or cyclic N) is 1. The Bertz CT molecular complexity index is 2920. The van der Waals surface area contributed by atoms with Gasteiger partial charge in [-0.25, -0.2) is 13.4 Å². The highest BCUT2D eigenvalue weighted by Gasteiger charge is 2.43. The fourth-order valence-corrected chi connectivity index (χ4v) is 12.2. The summed E-state index contributed by atoms with van der Waals surface area (Å²) in [5.41, 5.74) is 5.51. The average molecular weight is 1060 g/mol. The first-order valence-electron chi connectivity index (χ1n) is 24.2. The van der Waals surface area contributed by atoms with Crippen LogP contribution in [0.2, 0.25) is 0 Å². The molecule has 2 aliphatic heterocycles. The molecule has 3 aromatic heterocycles. The highest BCUT2D eigenvalue weighted by Crippen LogP contribution is 2.38. The predicted molar refractivity (Wildman–Crippen MR) is 282 cm³/mol. The van der Waals surface area contributed by atoms with E-state index in [0.717, 1.165) is 32.8 Å². The minimum absolute atomic E-state index is 0.0652. The van der Waals surface area contributed by atoms with Crippen molar-refractivity contribution in [3.8, 4) is 33.1 Å². The Labute approximate surface area is 433 Å². The number of nitrogens with one attached hydrogen (secondary N) is 5. The molecular weight excluding hydrogens is 997 g/mol. The van der Waals surface area contributed by atoms with Crippen LogP contribution in [0.4, 0.5) is 0 Å².